The number of fused-ring (bicyclic) bond motifs is 1. The maximum atomic E-state index is 12.9. The molecule has 0 saturated heterocycles. The summed E-state index contributed by atoms with van der Waals surface area (Å²) in [5.74, 6) is 1.34. The fourth-order valence-corrected chi connectivity index (χ4v) is 2.99. The average molecular weight is 398 g/mol. The molecule has 2 aromatic carbocycles. The third-order valence-electron chi connectivity index (χ3n) is 4.41. The molecule has 1 N–H and O–H groups in total. The summed E-state index contributed by atoms with van der Waals surface area (Å²) in [5, 5.41) is 2.82. The standard InChI is InChI=1S/C22H26N2O5/c1-3-13-23-22(26)20-14-24(18-7-5-6-8-19(18)29-20)21(25)15-28-17-11-9-16(10-12-17)27-4-2/h5-12,20H,3-4,13-15H2,1-2H3,(H,23,26)/t20-/m0/s1. The first-order valence-electron chi connectivity index (χ1n) is 9.81. The molecule has 0 bridgehead atoms. The van der Waals surface area contributed by atoms with Crippen molar-refractivity contribution in [1.29, 1.82) is 0 Å². The van der Waals surface area contributed by atoms with E-state index in [0.29, 0.717) is 30.3 Å². The van der Waals surface area contributed by atoms with Crippen LogP contribution in [0.2, 0.25) is 0 Å². The van der Waals surface area contributed by atoms with Gasteiger partial charge in [0.1, 0.15) is 17.2 Å². The van der Waals surface area contributed by atoms with Crippen molar-refractivity contribution in [2.75, 3.05) is 31.2 Å². The minimum Gasteiger partial charge on any atom is -0.494 e. The Hall–Kier alpha value is -3.22. The average Bonchev–Trinajstić information content (AvgIpc) is 2.76. The predicted molar refractivity (Wildman–Crippen MR) is 110 cm³/mol. The Bertz CT molecular complexity index is 837. The zero-order chi connectivity index (χ0) is 20.6. The molecule has 1 atom stereocenters. The molecule has 3 rings (SSSR count). The molecule has 7 nitrogen and oxygen atoms in total. The summed E-state index contributed by atoms with van der Waals surface area (Å²) in [6, 6.07) is 14.3. The van der Waals surface area contributed by atoms with Gasteiger partial charge in [-0.05, 0) is 49.7 Å². The SMILES string of the molecule is CCCNC(=O)[C@@H]1CN(C(=O)COc2ccc(OCC)cc2)c2ccccc2O1. The van der Waals surface area contributed by atoms with Crippen molar-refractivity contribution >= 4 is 17.5 Å². The van der Waals surface area contributed by atoms with Crippen molar-refractivity contribution in [3.63, 3.8) is 0 Å². The van der Waals surface area contributed by atoms with Crippen LogP contribution in [0.15, 0.2) is 48.5 Å². The fourth-order valence-electron chi connectivity index (χ4n) is 2.99. The maximum Gasteiger partial charge on any atom is 0.265 e. The summed E-state index contributed by atoms with van der Waals surface area (Å²) < 4.78 is 16.9. The molecular formula is C22H26N2O5. The van der Waals surface area contributed by atoms with E-state index in [4.69, 9.17) is 14.2 Å². The van der Waals surface area contributed by atoms with E-state index in [0.717, 1.165) is 12.2 Å². The predicted octanol–water partition coefficient (Wildman–Crippen LogP) is 2.78. The molecule has 0 fully saturated rings. The van der Waals surface area contributed by atoms with Gasteiger partial charge in [0.25, 0.3) is 11.8 Å². The molecule has 2 amide bonds. The molecule has 29 heavy (non-hydrogen) atoms. The molecule has 2 aromatic rings. The number of amides is 2. The Morgan fingerprint density at radius 2 is 1.76 bits per heavy atom. The number of carbonyl (C=O) groups excluding carboxylic acids is 2. The number of para-hydroxylation sites is 2. The highest BCUT2D eigenvalue weighted by Crippen LogP contribution is 2.33. The number of rotatable bonds is 8. The Balaban J connectivity index is 1.68. The Morgan fingerprint density at radius 1 is 1.07 bits per heavy atom. The van der Waals surface area contributed by atoms with Crippen LogP contribution in [-0.2, 0) is 9.59 Å². The molecule has 0 spiro atoms. The topological polar surface area (TPSA) is 77.1 Å². The van der Waals surface area contributed by atoms with Gasteiger partial charge in [-0.3, -0.25) is 9.59 Å². The van der Waals surface area contributed by atoms with Gasteiger partial charge in [-0.15, -0.1) is 0 Å². The quantitative estimate of drug-likeness (QED) is 0.740. The lowest BCUT2D eigenvalue weighted by Gasteiger charge is -2.34. The van der Waals surface area contributed by atoms with E-state index in [-0.39, 0.29) is 25.0 Å². The first-order chi connectivity index (χ1) is 14.1. The molecule has 1 aliphatic rings. The minimum atomic E-state index is -0.758. The second-order valence-corrected chi connectivity index (χ2v) is 6.56. The van der Waals surface area contributed by atoms with Crippen molar-refractivity contribution in [1.82, 2.24) is 5.32 Å². The highest BCUT2D eigenvalue weighted by Gasteiger charge is 2.33. The number of hydrogen-bond acceptors (Lipinski definition) is 5. The molecule has 0 saturated carbocycles. The number of hydrogen-bond donors (Lipinski definition) is 1. The number of carbonyl (C=O) groups is 2. The van der Waals surface area contributed by atoms with Gasteiger partial charge in [-0.1, -0.05) is 19.1 Å². The molecule has 0 radical (unpaired) electrons. The van der Waals surface area contributed by atoms with E-state index in [1.807, 2.05) is 26.0 Å². The van der Waals surface area contributed by atoms with Gasteiger partial charge in [-0.2, -0.15) is 0 Å². The van der Waals surface area contributed by atoms with Crippen LogP contribution < -0.4 is 24.4 Å². The van der Waals surface area contributed by atoms with Crippen LogP contribution in [0.5, 0.6) is 17.2 Å². The summed E-state index contributed by atoms with van der Waals surface area (Å²) in [7, 11) is 0. The van der Waals surface area contributed by atoms with Crippen molar-refractivity contribution in [2.45, 2.75) is 26.4 Å². The highest BCUT2D eigenvalue weighted by molar-refractivity contribution is 5.98. The Morgan fingerprint density at radius 3 is 2.45 bits per heavy atom. The zero-order valence-electron chi connectivity index (χ0n) is 16.7. The van der Waals surface area contributed by atoms with E-state index < -0.39 is 6.10 Å². The molecule has 0 unspecified atom stereocenters. The van der Waals surface area contributed by atoms with Crippen LogP contribution in [0.1, 0.15) is 20.3 Å². The number of nitrogens with zero attached hydrogens (tertiary/aromatic N) is 1. The molecule has 7 heteroatoms. The smallest absolute Gasteiger partial charge is 0.265 e. The minimum absolute atomic E-state index is 0.137. The lowest BCUT2D eigenvalue weighted by Crippen LogP contribution is -2.51. The molecule has 0 aliphatic carbocycles. The largest absolute Gasteiger partial charge is 0.494 e. The molecule has 1 heterocycles. The molecule has 1 aliphatic heterocycles. The van der Waals surface area contributed by atoms with Gasteiger partial charge >= 0.3 is 0 Å². The number of benzene rings is 2. The van der Waals surface area contributed by atoms with Crippen LogP contribution in [0.25, 0.3) is 0 Å². The lowest BCUT2D eigenvalue weighted by molar-refractivity contribution is -0.128. The summed E-state index contributed by atoms with van der Waals surface area (Å²) in [6.07, 6.45) is 0.0686. The van der Waals surface area contributed by atoms with Crippen molar-refractivity contribution in [3.8, 4) is 17.2 Å². The first-order valence-corrected chi connectivity index (χ1v) is 9.81. The van der Waals surface area contributed by atoms with Crippen LogP contribution >= 0.6 is 0 Å². The molecule has 0 aromatic heterocycles. The summed E-state index contributed by atoms with van der Waals surface area (Å²) in [6.45, 7) is 5.03. The van der Waals surface area contributed by atoms with Crippen LogP contribution in [0.3, 0.4) is 0 Å². The first kappa shape index (κ1) is 20.5. The van der Waals surface area contributed by atoms with E-state index in [9.17, 15) is 9.59 Å². The van der Waals surface area contributed by atoms with Gasteiger partial charge in [0.15, 0.2) is 12.7 Å². The van der Waals surface area contributed by atoms with E-state index in [1.54, 1.807) is 41.3 Å². The number of ether oxygens (including phenoxy) is 3. The van der Waals surface area contributed by atoms with Gasteiger partial charge in [0.05, 0.1) is 18.8 Å². The van der Waals surface area contributed by atoms with Gasteiger partial charge in [0.2, 0.25) is 0 Å². The monoisotopic (exact) mass is 398 g/mol. The Kier molecular flexibility index (Phi) is 6.94. The van der Waals surface area contributed by atoms with Gasteiger partial charge in [0, 0.05) is 6.54 Å². The normalized spacial score (nSPS) is 15.1. The summed E-state index contributed by atoms with van der Waals surface area (Å²) in [4.78, 5) is 26.8. The number of anilines is 1. The van der Waals surface area contributed by atoms with Crippen molar-refractivity contribution in [3.05, 3.63) is 48.5 Å². The number of nitrogens with one attached hydrogen (secondary N) is 1. The fraction of sp³-hybridized carbons (Fsp3) is 0.364. The van der Waals surface area contributed by atoms with E-state index in [2.05, 4.69) is 5.32 Å². The summed E-state index contributed by atoms with van der Waals surface area (Å²) >= 11 is 0. The lowest BCUT2D eigenvalue weighted by atomic mass is 10.1. The highest BCUT2D eigenvalue weighted by atomic mass is 16.5. The second kappa shape index (κ2) is 9.82. The molecular weight excluding hydrogens is 372 g/mol. The van der Waals surface area contributed by atoms with Gasteiger partial charge in [-0.25, -0.2) is 0 Å². The summed E-state index contributed by atoms with van der Waals surface area (Å²) in [5.41, 5.74) is 0.632. The van der Waals surface area contributed by atoms with Crippen molar-refractivity contribution in [2.24, 2.45) is 0 Å². The van der Waals surface area contributed by atoms with Crippen LogP contribution in [0.4, 0.5) is 5.69 Å². The molecule has 154 valence electrons. The van der Waals surface area contributed by atoms with Gasteiger partial charge < -0.3 is 24.4 Å². The van der Waals surface area contributed by atoms with Crippen LogP contribution in [0, 0.1) is 0 Å². The maximum absolute atomic E-state index is 12.9. The Labute approximate surface area is 170 Å². The zero-order valence-corrected chi connectivity index (χ0v) is 16.7. The van der Waals surface area contributed by atoms with Crippen LogP contribution in [-0.4, -0.2) is 44.2 Å². The second-order valence-electron chi connectivity index (χ2n) is 6.56. The van der Waals surface area contributed by atoms with E-state index >= 15 is 0 Å². The third kappa shape index (κ3) is 5.19. The van der Waals surface area contributed by atoms with E-state index in [1.165, 1.54) is 0 Å². The third-order valence-corrected chi connectivity index (χ3v) is 4.41. The van der Waals surface area contributed by atoms with Crippen molar-refractivity contribution < 1.29 is 23.8 Å².